The van der Waals surface area contributed by atoms with Gasteiger partial charge in [0.1, 0.15) is 22.5 Å². The molecule has 0 aromatic heterocycles. The van der Waals surface area contributed by atoms with Gasteiger partial charge in [0.25, 0.3) is 5.91 Å². The number of ether oxygens (including phenoxy) is 3. The fourth-order valence-electron chi connectivity index (χ4n) is 3.01. The molecule has 1 amide bonds. The van der Waals surface area contributed by atoms with Crippen molar-refractivity contribution in [1.82, 2.24) is 4.31 Å². The van der Waals surface area contributed by atoms with E-state index in [1.807, 2.05) is 6.07 Å². The van der Waals surface area contributed by atoms with Gasteiger partial charge in [0.15, 0.2) is 6.61 Å². The van der Waals surface area contributed by atoms with Crippen LogP contribution >= 0.6 is 0 Å². The minimum atomic E-state index is -3.83. The molecule has 3 rings (SSSR count). The summed E-state index contributed by atoms with van der Waals surface area (Å²) < 4.78 is 43.7. The van der Waals surface area contributed by atoms with Crippen molar-refractivity contribution < 1.29 is 27.4 Å². The van der Waals surface area contributed by atoms with Crippen LogP contribution in [0.3, 0.4) is 0 Å². The van der Waals surface area contributed by atoms with Crippen molar-refractivity contribution in [3.8, 4) is 17.6 Å². The highest BCUT2D eigenvalue weighted by Crippen LogP contribution is 2.30. The molecule has 0 bridgehead atoms. The van der Waals surface area contributed by atoms with Gasteiger partial charge >= 0.3 is 0 Å². The Bertz CT molecular complexity index is 1070. The summed E-state index contributed by atoms with van der Waals surface area (Å²) in [6, 6.07) is 13.0. The molecular formula is C21H23N3O6S. The average Bonchev–Trinajstić information content (AvgIpc) is 2.79. The van der Waals surface area contributed by atoms with Crippen molar-refractivity contribution in [1.29, 1.82) is 5.26 Å². The van der Waals surface area contributed by atoms with Crippen LogP contribution in [-0.2, 0) is 19.6 Å². The first kappa shape index (κ1) is 22.6. The highest BCUT2D eigenvalue weighted by molar-refractivity contribution is 7.89. The maximum atomic E-state index is 13.1. The van der Waals surface area contributed by atoms with E-state index in [4.69, 9.17) is 19.5 Å². The number of anilines is 1. The van der Waals surface area contributed by atoms with E-state index in [-0.39, 0.29) is 36.0 Å². The summed E-state index contributed by atoms with van der Waals surface area (Å²) in [4.78, 5) is 12.3. The highest BCUT2D eigenvalue weighted by Gasteiger charge is 2.29. The number of morpholine rings is 1. The largest absolute Gasteiger partial charge is 0.492 e. The Kier molecular flexibility index (Phi) is 7.46. The van der Waals surface area contributed by atoms with Gasteiger partial charge in [0.05, 0.1) is 25.4 Å². The summed E-state index contributed by atoms with van der Waals surface area (Å²) in [6.45, 7) is 2.85. The third-order valence-electron chi connectivity index (χ3n) is 4.48. The second-order valence-corrected chi connectivity index (χ2v) is 8.46. The SMILES string of the molecule is CCOc1ccc(NC(=O)COc2ccccc2C#N)cc1S(=O)(=O)N1CCOCC1. The number of sulfonamides is 1. The van der Waals surface area contributed by atoms with E-state index in [0.717, 1.165) is 0 Å². The molecule has 0 spiro atoms. The number of carbonyl (C=O) groups excluding carboxylic acids is 1. The molecule has 1 aliphatic rings. The van der Waals surface area contributed by atoms with Crippen molar-refractivity contribution in [2.45, 2.75) is 11.8 Å². The van der Waals surface area contributed by atoms with E-state index < -0.39 is 15.9 Å². The molecule has 1 fully saturated rings. The monoisotopic (exact) mass is 445 g/mol. The molecule has 0 aliphatic carbocycles. The number of hydrogen-bond donors (Lipinski definition) is 1. The third-order valence-corrected chi connectivity index (χ3v) is 6.40. The number of amides is 1. The van der Waals surface area contributed by atoms with Gasteiger partial charge in [0.2, 0.25) is 10.0 Å². The number of nitrogens with one attached hydrogen (secondary N) is 1. The molecule has 0 radical (unpaired) electrons. The zero-order valence-corrected chi connectivity index (χ0v) is 17.9. The lowest BCUT2D eigenvalue weighted by Gasteiger charge is -2.27. The van der Waals surface area contributed by atoms with Crippen LogP contribution < -0.4 is 14.8 Å². The number of rotatable bonds is 8. The van der Waals surface area contributed by atoms with Crippen LogP contribution in [0.1, 0.15) is 12.5 Å². The molecule has 1 N–H and O–H groups in total. The molecule has 1 heterocycles. The Morgan fingerprint density at radius 2 is 1.90 bits per heavy atom. The summed E-state index contributed by atoms with van der Waals surface area (Å²) in [6.07, 6.45) is 0. The fourth-order valence-corrected chi connectivity index (χ4v) is 4.58. The van der Waals surface area contributed by atoms with E-state index in [0.29, 0.717) is 31.1 Å². The zero-order chi connectivity index (χ0) is 22.3. The van der Waals surface area contributed by atoms with Gasteiger partial charge in [-0.3, -0.25) is 4.79 Å². The van der Waals surface area contributed by atoms with Gasteiger partial charge < -0.3 is 19.5 Å². The molecule has 0 atom stereocenters. The second-order valence-electron chi connectivity index (χ2n) is 6.56. The summed E-state index contributed by atoms with van der Waals surface area (Å²) in [5, 5.41) is 11.7. The number of nitrogens with zero attached hydrogens (tertiary/aromatic N) is 2. The van der Waals surface area contributed by atoms with Crippen LogP contribution in [0.5, 0.6) is 11.5 Å². The Labute approximate surface area is 181 Å². The first-order chi connectivity index (χ1) is 15.0. The number of hydrogen-bond acceptors (Lipinski definition) is 7. The van der Waals surface area contributed by atoms with Crippen molar-refractivity contribution in [2.24, 2.45) is 0 Å². The lowest BCUT2D eigenvalue weighted by Crippen LogP contribution is -2.40. The molecule has 1 saturated heterocycles. The maximum absolute atomic E-state index is 13.1. The van der Waals surface area contributed by atoms with Crippen LogP contribution in [0.2, 0.25) is 0 Å². The van der Waals surface area contributed by atoms with Crippen LogP contribution in [0, 0.1) is 11.3 Å². The molecule has 9 nitrogen and oxygen atoms in total. The van der Waals surface area contributed by atoms with Crippen LogP contribution in [-0.4, -0.2) is 58.1 Å². The van der Waals surface area contributed by atoms with Crippen molar-refractivity contribution in [3.05, 3.63) is 48.0 Å². The lowest BCUT2D eigenvalue weighted by atomic mass is 10.2. The maximum Gasteiger partial charge on any atom is 0.262 e. The molecule has 31 heavy (non-hydrogen) atoms. The third kappa shape index (κ3) is 5.52. The molecule has 0 unspecified atom stereocenters. The second kappa shape index (κ2) is 10.3. The van der Waals surface area contributed by atoms with Crippen molar-refractivity contribution in [2.75, 3.05) is 44.8 Å². The fraction of sp³-hybridized carbons (Fsp3) is 0.333. The minimum absolute atomic E-state index is 0.0233. The zero-order valence-electron chi connectivity index (χ0n) is 17.0. The quantitative estimate of drug-likeness (QED) is 0.660. The van der Waals surface area contributed by atoms with Crippen LogP contribution in [0.25, 0.3) is 0 Å². The average molecular weight is 445 g/mol. The van der Waals surface area contributed by atoms with Gasteiger partial charge in [-0.25, -0.2) is 8.42 Å². The van der Waals surface area contributed by atoms with Gasteiger partial charge in [-0.1, -0.05) is 12.1 Å². The number of nitriles is 1. The Morgan fingerprint density at radius 3 is 2.61 bits per heavy atom. The molecule has 164 valence electrons. The van der Waals surface area contributed by atoms with E-state index >= 15 is 0 Å². The predicted molar refractivity (Wildman–Crippen MR) is 112 cm³/mol. The summed E-state index contributed by atoms with van der Waals surface area (Å²) in [5.41, 5.74) is 0.604. The van der Waals surface area contributed by atoms with Crippen molar-refractivity contribution >= 4 is 21.6 Å². The standard InChI is InChI=1S/C21H23N3O6S/c1-2-29-19-8-7-17(13-20(19)31(26,27)24-9-11-28-12-10-24)23-21(25)15-30-18-6-4-3-5-16(18)14-22/h3-8,13H,2,9-12,15H2,1H3,(H,23,25). The topological polar surface area (TPSA) is 118 Å². The van der Waals surface area contributed by atoms with Crippen molar-refractivity contribution in [3.63, 3.8) is 0 Å². The molecule has 10 heteroatoms. The molecule has 0 saturated carbocycles. The van der Waals surface area contributed by atoms with Crippen LogP contribution in [0.15, 0.2) is 47.4 Å². The Balaban J connectivity index is 1.76. The Hall–Kier alpha value is -3.13. The summed E-state index contributed by atoms with van der Waals surface area (Å²) in [5.74, 6) is 0.0141. The molecule has 1 aliphatic heterocycles. The van der Waals surface area contributed by atoms with E-state index in [1.165, 1.54) is 16.4 Å². The van der Waals surface area contributed by atoms with E-state index in [9.17, 15) is 13.2 Å². The molecule has 2 aromatic rings. The number of para-hydroxylation sites is 1. The first-order valence-corrected chi connectivity index (χ1v) is 11.2. The van der Waals surface area contributed by atoms with E-state index in [1.54, 1.807) is 37.3 Å². The Morgan fingerprint density at radius 1 is 1.16 bits per heavy atom. The first-order valence-electron chi connectivity index (χ1n) is 9.72. The lowest BCUT2D eigenvalue weighted by molar-refractivity contribution is -0.118. The molecular weight excluding hydrogens is 422 g/mol. The van der Waals surface area contributed by atoms with Gasteiger partial charge in [-0.05, 0) is 37.3 Å². The van der Waals surface area contributed by atoms with Gasteiger partial charge in [0, 0.05) is 18.8 Å². The normalized spacial score (nSPS) is 14.5. The molecule has 2 aromatic carbocycles. The predicted octanol–water partition coefficient (Wildman–Crippen LogP) is 2.00. The highest BCUT2D eigenvalue weighted by atomic mass is 32.2. The summed E-state index contributed by atoms with van der Waals surface area (Å²) in [7, 11) is -3.83. The van der Waals surface area contributed by atoms with Gasteiger partial charge in [-0.15, -0.1) is 0 Å². The minimum Gasteiger partial charge on any atom is -0.492 e. The summed E-state index contributed by atoms with van der Waals surface area (Å²) >= 11 is 0. The number of carbonyl (C=O) groups is 1. The smallest absolute Gasteiger partial charge is 0.262 e. The van der Waals surface area contributed by atoms with E-state index in [2.05, 4.69) is 5.32 Å². The van der Waals surface area contributed by atoms with Gasteiger partial charge in [-0.2, -0.15) is 9.57 Å². The van der Waals surface area contributed by atoms with Crippen LogP contribution in [0.4, 0.5) is 5.69 Å². The number of benzene rings is 2.